The van der Waals surface area contributed by atoms with Crippen molar-refractivity contribution in [2.75, 3.05) is 0 Å². The van der Waals surface area contributed by atoms with E-state index in [-0.39, 0.29) is 0 Å². The van der Waals surface area contributed by atoms with E-state index in [1.165, 1.54) is 0 Å². The maximum atomic E-state index is 4.35. The molecule has 4 heteroatoms. The Balaban J connectivity index is 2.01. The maximum Gasteiger partial charge on any atom is 0.0936 e. The van der Waals surface area contributed by atoms with Gasteiger partial charge in [0.05, 0.1) is 22.7 Å². The van der Waals surface area contributed by atoms with Gasteiger partial charge in [0.2, 0.25) is 0 Å². The normalized spacial score (nSPS) is 10.9. The highest BCUT2D eigenvalue weighted by Crippen LogP contribution is 2.34. The van der Waals surface area contributed by atoms with E-state index in [2.05, 4.69) is 33.6 Å². The molecule has 0 N–H and O–H groups in total. The van der Waals surface area contributed by atoms with Crippen LogP contribution in [0.4, 0.5) is 22.7 Å². The molecule has 0 saturated carbocycles. The highest BCUT2D eigenvalue weighted by molar-refractivity contribution is 6.00. The average molecular weight is 286 g/mol. The van der Waals surface area contributed by atoms with Crippen molar-refractivity contribution in [1.82, 2.24) is 0 Å². The summed E-state index contributed by atoms with van der Waals surface area (Å²) >= 11 is 0. The van der Waals surface area contributed by atoms with Gasteiger partial charge in [0, 0.05) is 10.8 Å². The number of aliphatic imine (C=N–C) groups is 2. The standard InChI is InChI=1S/C18H14N4/c1-19-13-7-9-14(10-8-13)21-22-18-12-11-17(20-2)15-5-3-4-6-16(15)18/h3-12H,1-2H2. The molecule has 0 aromatic heterocycles. The van der Waals surface area contributed by atoms with Crippen LogP contribution in [0.2, 0.25) is 0 Å². The summed E-state index contributed by atoms with van der Waals surface area (Å²) in [6, 6.07) is 19.2. The van der Waals surface area contributed by atoms with Crippen LogP contribution in [0.5, 0.6) is 0 Å². The van der Waals surface area contributed by atoms with E-state index in [0.29, 0.717) is 0 Å². The Morgan fingerprint density at radius 3 is 1.77 bits per heavy atom. The summed E-state index contributed by atoms with van der Waals surface area (Å²) in [5, 5.41) is 10.6. The van der Waals surface area contributed by atoms with Gasteiger partial charge in [-0.2, -0.15) is 5.11 Å². The molecule has 3 aromatic carbocycles. The van der Waals surface area contributed by atoms with Crippen LogP contribution >= 0.6 is 0 Å². The summed E-state index contributed by atoms with van der Waals surface area (Å²) in [4.78, 5) is 7.89. The molecule has 0 bridgehead atoms. The monoisotopic (exact) mass is 286 g/mol. The molecule has 0 saturated heterocycles. The SMILES string of the molecule is C=Nc1ccc(N=Nc2ccc(N=C)c3ccccc23)cc1. The molecule has 3 rings (SSSR count). The van der Waals surface area contributed by atoms with Crippen LogP contribution < -0.4 is 0 Å². The molecule has 3 aromatic rings. The second-order valence-electron chi connectivity index (χ2n) is 4.68. The third kappa shape index (κ3) is 2.67. The number of fused-ring (bicyclic) bond motifs is 1. The Kier molecular flexibility index (Phi) is 3.83. The van der Waals surface area contributed by atoms with Gasteiger partial charge in [0.1, 0.15) is 0 Å². The van der Waals surface area contributed by atoms with Crippen LogP contribution in [0.15, 0.2) is 80.9 Å². The van der Waals surface area contributed by atoms with Gasteiger partial charge < -0.3 is 0 Å². The fourth-order valence-corrected chi connectivity index (χ4v) is 2.23. The van der Waals surface area contributed by atoms with Crippen molar-refractivity contribution in [1.29, 1.82) is 0 Å². The number of hydrogen-bond donors (Lipinski definition) is 0. The number of nitrogens with zero attached hydrogens (tertiary/aromatic N) is 4. The molecule has 0 aliphatic rings. The van der Waals surface area contributed by atoms with Crippen molar-refractivity contribution in [2.24, 2.45) is 20.2 Å². The Labute approximate surface area is 128 Å². The topological polar surface area (TPSA) is 49.4 Å². The summed E-state index contributed by atoms with van der Waals surface area (Å²) in [6.07, 6.45) is 0. The summed E-state index contributed by atoms with van der Waals surface area (Å²) in [5.41, 5.74) is 3.22. The first-order valence-corrected chi connectivity index (χ1v) is 6.79. The smallest absolute Gasteiger partial charge is 0.0936 e. The van der Waals surface area contributed by atoms with Crippen LogP contribution in [0.25, 0.3) is 10.8 Å². The molecule has 0 fully saturated rings. The largest absolute Gasteiger partial charge is 0.265 e. The molecule has 0 aliphatic carbocycles. The predicted octanol–water partition coefficient (Wildman–Crippen LogP) is 5.92. The van der Waals surface area contributed by atoms with Crippen molar-refractivity contribution >= 4 is 47.0 Å². The highest BCUT2D eigenvalue weighted by atomic mass is 15.1. The molecule has 0 atom stereocenters. The van der Waals surface area contributed by atoms with Crippen molar-refractivity contribution < 1.29 is 0 Å². The summed E-state index contributed by atoms with van der Waals surface area (Å²) in [5.74, 6) is 0. The first-order chi connectivity index (χ1) is 10.8. The molecule has 22 heavy (non-hydrogen) atoms. The van der Waals surface area contributed by atoms with E-state index in [4.69, 9.17) is 0 Å². The summed E-state index contributed by atoms with van der Waals surface area (Å²) < 4.78 is 0. The Morgan fingerprint density at radius 1 is 0.545 bits per heavy atom. The van der Waals surface area contributed by atoms with E-state index in [1.807, 2.05) is 60.7 Å². The predicted molar refractivity (Wildman–Crippen MR) is 93.0 cm³/mol. The number of benzene rings is 3. The lowest BCUT2D eigenvalue weighted by molar-refractivity contribution is 1.24. The lowest BCUT2D eigenvalue weighted by Crippen LogP contribution is -1.75. The lowest BCUT2D eigenvalue weighted by Gasteiger charge is -2.04. The van der Waals surface area contributed by atoms with Gasteiger partial charge in [0.15, 0.2) is 0 Å². The van der Waals surface area contributed by atoms with Crippen LogP contribution in [-0.4, -0.2) is 13.4 Å². The van der Waals surface area contributed by atoms with Gasteiger partial charge in [-0.25, -0.2) is 0 Å². The molecule has 0 radical (unpaired) electrons. The molecule has 0 spiro atoms. The van der Waals surface area contributed by atoms with E-state index < -0.39 is 0 Å². The minimum absolute atomic E-state index is 0.766. The van der Waals surface area contributed by atoms with Gasteiger partial charge in [-0.05, 0) is 49.8 Å². The molecular formula is C18H14N4. The molecule has 0 heterocycles. The minimum Gasteiger partial charge on any atom is -0.265 e. The van der Waals surface area contributed by atoms with E-state index in [1.54, 1.807) is 0 Å². The zero-order valence-corrected chi connectivity index (χ0v) is 12.0. The van der Waals surface area contributed by atoms with Gasteiger partial charge in [-0.15, -0.1) is 5.11 Å². The first kappa shape index (κ1) is 13.8. The third-order valence-electron chi connectivity index (χ3n) is 3.35. The fraction of sp³-hybridized carbons (Fsp3) is 0. The average Bonchev–Trinajstić information content (AvgIpc) is 2.60. The van der Waals surface area contributed by atoms with Crippen LogP contribution in [0, 0.1) is 0 Å². The second-order valence-corrected chi connectivity index (χ2v) is 4.68. The number of azo groups is 1. The Morgan fingerprint density at radius 2 is 1.14 bits per heavy atom. The zero-order chi connectivity index (χ0) is 15.4. The summed E-state index contributed by atoms with van der Waals surface area (Å²) in [6.45, 7) is 7.09. The Bertz CT molecular complexity index is 864. The van der Waals surface area contributed by atoms with E-state index >= 15 is 0 Å². The van der Waals surface area contributed by atoms with E-state index in [0.717, 1.165) is 33.5 Å². The highest BCUT2D eigenvalue weighted by Gasteiger charge is 2.03. The van der Waals surface area contributed by atoms with Gasteiger partial charge in [-0.1, -0.05) is 24.3 Å². The molecule has 4 nitrogen and oxygen atoms in total. The van der Waals surface area contributed by atoms with Crippen LogP contribution in [-0.2, 0) is 0 Å². The Hall–Kier alpha value is -3.14. The fourth-order valence-electron chi connectivity index (χ4n) is 2.23. The molecule has 0 unspecified atom stereocenters. The third-order valence-corrected chi connectivity index (χ3v) is 3.35. The van der Waals surface area contributed by atoms with Gasteiger partial charge in [0.25, 0.3) is 0 Å². The second kappa shape index (κ2) is 6.10. The van der Waals surface area contributed by atoms with Crippen molar-refractivity contribution in [3.8, 4) is 0 Å². The first-order valence-electron chi connectivity index (χ1n) is 6.79. The minimum atomic E-state index is 0.766. The van der Waals surface area contributed by atoms with Crippen LogP contribution in [0.1, 0.15) is 0 Å². The molecule has 0 amide bonds. The van der Waals surface area contributed by atoms with Crippen molar-refractivity contribution in [3.63, 3.8) is 0 Å². The summed E-state index contributed by atoms with van der Waals surface area (Å²) in [7, 11) is 0. The quantitative estimate of drug-likeness (QED) is 0.422. The molecular weight excluding hydrogens is 272 g/mol. The van der Waals surface area contributed by atoms with Crippen molar-refractivity contribution in [3.05, 3.63) is 60.7 Å². The molecule has 0 aliphatic heterocycles. The van der Waals surface area contributed by atoms with Crippen molar-refractivity contribution in [2.45, 2.75) is 0 Å². The number of rotatable bonds is 4. The zero-order valence-electron chi connectivity index (χ0n) is 12.0. The van der Waals surface area contributed by atoms with Crippen LogP contribution in [0.3, 0.4) is 0 Å². The van der Waals surface area contributed by atoms with E-state index in [9.17, 15) is 0 Å². The lowest BCUT2D eigenvalue weighted by atomic mass is 10.1. The van der Waals surface area contributed by atoms with Gasteiger partial charge >= 0.3 is 0 Å². The number of hydrogen-bond acceptors (Lipinski definition) is 4. The van der Waals surface area contributed by atoms with Gasteiger partial charge in [-0.3, -0.25) is 9.98 Å². The molecule has 106 valence electrons. The maximum absolute atomic E-state index is 4.35.